The molecule has 0 aliphatic rings. The van der Waals surface area contributed by atoms with Crippen molar-refractivity contribution in [1.29, 1.82) is 0 Å². The Morgan fingerprint density at radius 1 is 0.793 bits per heavy atom. The standard InChI is InChI=1S/2C8H8FN3O.Mo.2O/c2*9-7-4-2-1-3-6(7)5-11-12-8(10)13;;;/h2*1-5H,(H3,10,12,13);;;/b2*11-5-;;;. The molecule has 0 saturated heterocycles. The van der Waals surface area contributed by atoms with E-state index in [-0.39, 0.29) is 11.1 Å². The van der Waals surface area contributed by atoms with Crippen LogP contribution in [0.4, 0.5) is 8.78 Å². The molecule has 0 unspecified atom stereocenters. The van der Waals surface area contributed by atoms with E-state index in [4.69, 9.17) is 28.5 Å². The van der Waals surface area contributed by atoms with Gasteiger partial charge in [0.05, 0.1) is 12.4 Å². The first-order valence-corrected chi connectivity index (χ1v) is 8.97. The maximum atomic E-state index is 12.9. The third kappa shape index (κ3) is 13.3. The average molecular weight is 490 g/mol. The van der Waals surface area contributed by atoms with E-state index in [1.165, 1.54) is 36.7 Å². The van der Waals surface area contributed by atoms with Crippen LogP contribution in [0.2, 0.25) is 0 Å². The number of nitrogens with two attached hydrogens (primary N) is 2. The van der Waals surface area contributed by atoms with E-state index in [1.807, 2.05) is 0 Å². The van der Waals surface area contributed by atoms with Crippen molar-refractivity contribution in [2.24, 2.45) is 31.9 Å². The Hall–Kier alpha value is -3.53. The molecule has 0 aliphatic carbocycles. The van der Waals surface area contributed by atoms with Crippen molar-refractivity contribution in [3.05, 3.63) is 71.3 Å². The van der Waals surface area contributed by atoms with Crippen LogP contribution >= 0.6 is 0 Å². The second-order valence-electron chi connectivity index (χ2n) is 4.52. The van der Waals surface area contributed by atoms with Crippen molar-refractivity contribution < 1.29 is 44.3 Å². The molecule has 13 heteroatoms. The van der Waals surface area contributed by atoms with Gasteiger partial charge in [-0.1, -0.05) is 46.6 Å². The zero-order chi connectivity index (χ0) is 22.1. The molecular formula is C16H16F2MoN6O4. The molecule has 154 valence electrons. The summed E-state index contributed by atoms with van der Waals surface area (Å²) in [7, 11) is 0. The molecule has 2 aromatic carbocycles. The molecule has 0 spiro atoms. The molecule has 6 N–H and O–H groups in total. The van der Waals surface area contributed by atoms with Crippen LogP contribution in [0.5, 0.6) is 0 Å². The third-order valence-corrected chi connectivity index (χ3v) is 2.52. The summed E-state index contributed by atoms with van der Waals surface area (Å²) in [5.74, 6) is -0.809. The number of hydrogen-bond acceptors (Lipinski definition) is 6. The second kappa shape index (κ2) is 15.5. The second-order valence-corrected chi connectivity index (χ2v) is 4.85. The van der Waals surface area contributed by atoms with Gasteiger partial charge in [-0.15, -0.1) is 0 Å². The summed E-state index contributed by atoms with van der Waals surface area (Å²) in [5, 5.41) is 29.8. The molecule has 0 fully saturated rings. The summed E-state index contributed by atoms with van der Waals surface area (Å²) in [6, 6.07) is 10.8. The fourth-order valence-corrected chi connectivity index (χ4v) is 1.46. The molecule has 0 atom stereocenters. The minimum atomic E-state index is -2.03. The number of benzene rings is 2. The van der Waals surface area contributed by atoms with Crippen molar-refractivity contribution in [3.63, 3.8) is 0 Å². The summed E-state index contributed by atoms with van der Waals surface area (Å²) in [4.78, 5) is 0. The maximum absolute atomic E-state index is 12.9. The monoisotopic (exact) mass is 492 g/mol. The Bertz CT molecular complexity index is 854. The SMILES string of the molecule is N/C(O)=N/N=C\c1ccccc1F.N/C(O)=N/N=C\c1ccccc1F.[O]=[Mo]=[O]. The van der Waals surface area contributed by atoms with Crippen LogP contribution < -0.4 is 11.5 Å². The topological polar surface area (TPSA) is 176 Å². The third-order valence-electron chi connectivity index (χ3n) is 2.52. The van der Waals surface area contributed by atoms with Crippen LogP contribution in [0.25, 0.3) is 0 Å². The number of halogens is 2. The summed E-state index contributed by atoms with van der Waals surface area (Å²) in [6.07, 6.45) is 2.33. The minimum absolute atomic E-state index is 0.285. The van der Waals surface area contributed by atoms with Crippen LogP contribution in [0.15, 0.2) is 68.9 Å². The number of aliphatic hydroxyl groups is 2. The summed E-state index contributed by atoms with van der Waals surface area (Å²) in [5.41, 5.74) is 10.2. The number of hydrogen-bond donors (Lipinski definition) is 4. The molecular weight excluding hydrogens is 474 g/mol. The van der Waals surface area contributed by atoms with Crippen LogP contribution in [0.3, 0.4) is 0 Å². The Labute approximate surface area is 172 Å². The Morgan fingerprint density at radius 2 is 1.10 bits per heavy atom. The quantitative estimate of drug-likeness (QED) is 0.220. The van der Waals surface area contributed by atoms with Gasteiger partial charge in [0.15, 0.2) is 0 Å². The number of rotatable bonds is 4. The molecule has 0 saturated carbocycles. The van der Waals surface area contributed by atoms with Gasteiger partial charge >= 0.3 is 37.3 Å². The van der Waals surface area contributed by atoms with Crippen LogP contribution in [-0.2, 0) is 25.3 Å². The number of aliphatic hydroxyl groups excluding tert-OH is 2. The van der Waals surface area contributed by atoms with Crippen molar-refractivity contribution in [3.8, 4) is 0 Å². The van der Waals surface area contributed by atoms with Gasteiger partial charge in [-0.25, -0.2) is 8.78 Å². The average Bonchev–Trinajstić information content (AvgIpc) is 2.66. The van der Waals surface area contributed by atoms with Crippen molar-refractivity contribution in [1.82, 2.24) is 0 Å². The van der Waals surface area contributed by atoms with Gasteiger partial charge in [0.25, 0.3) is 0 Å². The first kappa shape index (κ1) is 25.5. The van der Waals surface area contributed by atoms with Crippen LogP contribution in [-0.4, -0.2) is 34.7 Å². The predicted molar refractivity (Wildman–Crippen MR) is 97.9 cm³/mol. The van der Waals surface area contributed by atoms with Gasteiger partial charge in [0.1, 0.15) is 11.6 Å². The van der Waals surface area contributed by atoms with Gasteiger partial charge in [0.2, 0.25) is 0 Å². The molecule has 2 rings (SSSR count). The van der Waals surface area contributed by atoms with Gasteiger partial charge < -0.3 is 21.7 Å². The molecule has 0 aliphatic heterocycles. The van der Waals surface area contributed by atoms with Crippen LogP contribution in [0.1, 0.15) is 11.1 Å². The van der Waals surface area contributed by atoms with E-state index in [1.54, 1.807) is 24.3 Å². The van der Waals surface area contributed by atoms with Crippen molar-refractivity contribution in [2.75, 3.05) is 0 Å². The molecule has 0 amide bonds. The first-order chi connectivity index (χ1) is 13.8. The van der Waals surface area contributed by atoms with E-state index >= 15 is 0 Å². The van der Waals surface area contributed by atoms with Gasteiger partial charge in [-0.3, -0.25) is 0 Å². The van der Waals surface area contributed by atoms with Gasteiger partial charge in [-0.2, -0.15) is 10.2 Å². The molecule has 0 aromatic heterocycles. The Morgan fingerprint density at radius 3 is 1.38 bits per heavy atom. The molecule has 2 aromatic rings. The van der Waals surface area contributed by atoms with Gasteiger partial charge in [0, 0.05) is 11.1 Å². The fraction of sp³-hybridized carbons (Fsp3) is 0. The summed E-state index contributed by atoms with van der Waals surface area (Å²) in [6.45, 7) is 0. The Balaban J connectivity index is 0.000000477. The molecule has 0 heterocycles. The number of amidine groups is 2. The molecule has 10 nitrogen and oxygen atoms in total. The molecule has 0 bridgehead atoms. The van der Waals surface area contributed by atoms with E-state index < -0.39 is 42.2 Å². The van der Waals surface area contributed by atoms with Gasteiger partial charge in [-0.05, 0) is 12.1 Å². The molecule has 29 heavy (non-hydrogen) atoms. The molecule has 0 radical (unpaired) electrons. The van der Waals surface area contributed by atoms with E-state index in [0.29, 0.717) is 0 Å². The van der Waals surface area contributed by atoms with Crippen molar-refractivity contribution >= 4 is 24.5 Å². The number of nitrogens with zero attached hydrogens (tertiary/aromatic N) is 4. The summed E-state index contributed by atoms with van der Waals surface area (Å²) >= 11 is -2.03. The van der Waals surface area contributed by atoms with E-state index in [9.17, 15) is 8.78 Å². The normalized spacial score (nSPS) is 11.4. The predicted octanol–water partition coefficient (Wildman–Crippen LogP) is 1.82. The van der Waals surface area contributed by atoms with E-state index in [0.717, 1.165) is 0 Å². The zero-order valence-corrected chi connectivity index (χ0v) is 16.6. The van der Waals surface area contributed by atoms with Crippen LogP contribution in [0, 0.1) is 11.6 Å². The van der Waals surface area contributed by atoms with E-state index in [2.05, 4.69) is 20.4 Å². The zero-order valence-electron chi connectivity index (χ0n) is 14.6. The fourth-order valence-electron chi connectivity index (χ4n) is 1.46. The Kier molecular flexibility index (Phi) is 13.6. The first-order valence-electron chi connectivity index (χ1n) is 7.33. The van der Waals surface area contributed by atoms with Crippen molar-refractivity contribution in [2.45, 2.75) is 0 Å². The summed E-state index contributed by atoms with van der Waals surface area (Å²) < 4.78 is 42.8.